The first-order valence-electron chi connectivity index (χ1n) is 5.21. The third-order valence-corrected chi connectivity index (χ3v) is 3.73. The summed E-state index contributed by atoms with van der Waals surface area (Å²) >= 11 is 1.76. The summed E-state index contributed by atoms with van der Waals surface area (Å²) in [6.07, 6.45) is 3.25. The maximum absolute atomic E-state index is 4.14. The predicted molar refractivity (Wildman–Crippen MR) is 59.6 cm³/mol. The van der Waals surface area contributed by atoms with E-state index in [2.05, 4.69) is 22.1 Å². The van der Waals surface area contributed by atoms with Gasteiger partial charge in [0, 0.05) is 36.8 Å². The summed E-state index contributed by atoms with van der Waals surface area (Å²) in [5.74, 6) is 0. The minimum absolute atomic E-state index is 0.530. The van der Waals surface area contributed by atoms with Crippen molar-refractivity contribution >= 4 is 11.3 Å². The van der Waals surface area contributed by atoms with Gasteiger partial charge in [-0.15, -0.1) is 11.3 Å². The quantitative estimate of drug-likeness (QED) is 0.803. The first-order chi connectivity index (χ1) is 6.88. The number of nitrogens with one attached hydrogen (secondary N) is 1. The van der Waals surface area contributed by atoms with E-state index in [1.165, 1.54) is 17.8 Å². The Kier molecular flexibility index (Phi) is 3.50. The Bertz CT molecular complexity index is 252. The van der Waals surface area contributed by atoms with Crippen LogP contribution in [0, 0.1) is 0 Å². The van der Waals surface area contributed by atoms with Crippen LogP contribution in [-0.4, -0.2) is 36.1 Å². The van der Waals surface area contributed by atoms with Crippen molar-refractivity contribution in [2.75, 3.05) is 26.2 Å². The second-order valence-corrected chi connectivity index (χ2v) is 4.64. The summed E-state index contributed by atoms with van der Waals surface area (Å²) in [5.41, 5.74) is 1.92. The molecule has 0 bridgehead atoms. The molecule has 1 aromatic heterocycles. The van der Waals surface area contributed by atoms with Gasteiger partial charge in [0.05, 0.1) is 5.51 Å². The highest BCUT2D eigenvalue weighted by molar-refractivity contribution is 7.09. The lowest BCUT2D eigenvalue weighted by Crippen LogP contribution is -2.30. The highest BCUT2D eigenvalue weighted by Crippen LogP contribution is 2.23. The molecule has 3 nitrogen and oxygen atoms in total. The summed E-state index contributed by atoms with van der Waals surface area (Å²) in [5, 5.41) is 3.42. The molecule has 0 spiro atoms. The molecule has 2 heterocycles. The number of thiazole rings is 1. The summed E-state index contributed by atoms with van der Waals surface area (Å²) in [6, 6.07) is 0.530. The summed E-state index contributed by atoms with van der Waals surface area (Å²) < 4.78 is 0. The lowest BCUT2D eigenvalue weighted by molar-refractivity contribution is 0.228. The fourth-order valence-electron chi connectivity index (χ4n) is 1.87. The van der Waals surface area contributed by atoms with E-state index in [9.17, 15) is 0 Å². The van der Waals surface area contributed by atoms with Crippen LogP contribution in [0.2, 0.25) is 0 Å². The molecule has 0 saturated carbocycles. The summed E-state index contributed by atoms with van der Waals surface area (Å²) in [6.45, 7) is 6.90. The second kappa shape index (κ2) is 4.87. The average Bonchev–Trinajstić information content (AvgIpc) is 2.59. The van der Waals surface area contributed by atoms with E-state index in [0.29, 0.717) is 6.04 Å². The molecule has 14 heavy (non-hydrogen) atoms. The molecule has 1 aromatic rings. The third-order valence-electron chi connectivity index (χ3n) is 2.79. The van der Waals surface area contributed by atoms with Crippen molar-refractivity contribution in [2.24, 2.45) is 0 Å². The minimum Gasteiger partial charge on any atom is -0.315 e. The molecule has 0 amide bonds. The molecule has 4 heteroatoms. The first-order valence-corrected chi connectivity index (χ1v) is 6.09. The van der Waals surface area contributed by atoms with E-state index >= 15 is 0 Å². The van der Waals surface area contributed by atoms with E-state index in [1.54, 1.807) is 11.3 Å². The van der Waals surface area contributed by atoms with Crippen LogP contribution >= 0.6 is 11.3 Å². The molecular formula is C10H17N3S. The van der Waals surface area contributed by atoms with Gasteiger partial charge in [-0.25, -0.2) is 0 Å². The van der Waals surface area contributed by atoms with Gasteiger partial charge in [-0.2, -0.15) is 0 Å². The zero-order valence-corrected chi connectivity index (χ0v) is 9.39. The van der Waals surface area contributed by atoms with Crippen LogP contribution in [0.15, 0.2) is 11.7 Å². The highest BCUT2D eigenvalue weighted by Gasteiger charge is 2.17. The van der Waals surface area contributed by atoms with E-state index < -0.39 is 0 Å². The maximum Gasteiger partial charge on any atom is 0.0794 e. The maximum atomic E-state index is 4.14. The molecule has 1 aliphatic rings. The number of hydrogen-bond donors (Lipinski definition) is 1. The Morgan fingerprint density at radius 1 is 1.50 bits per heavy atom. The highest BCUT2D eigenvalue weighted by atomic mass is 32.1. The zero-order chi connectivity index (χ0) is 9.80. The molecular weight excluding hydrogens is 194 g/mol. The molecule has 1 unspecified atom stereocenters. The zero-order valence-electron chi connectivity index (χ0n) is 8.57. The average molecular weight is 211 g/mol. The smallest absolute Gasteiger partial charge is 0.0794 e. The molecule has 1 N–H and O–H groups in total. The van der Waals surface area contributed by atoms with Crippen molar-refractivity contribution in [1.82, 2.24) is 15.2 Å². The fourth-order valence-corrected chi connectivity index (χ4v) is 2.58. The normalized spacial score (nSPS) is 21.8. The number of nitrogens with zero attached hydrogens (tertiary/aromatic N) is 2. The van der Waals surface area contributed by atoms with Crippen molar-refractivity contribution in [3.8, 4) is 0 Å². The van der Waals surface area contributed by atoms with Gasteiger partial charge in [0.25, 0.3) is 0 Å². The summed E-state index contributed by atoms with van der Waals surface area (Å²) in [7, 11) is 0. The topological polar surface area (TPSA) is 28.2 Å². The SMILES string of the molecule is CC(c1cncs1)N1CCCNCC1. The minimum atomic E-state index is 0.530. The molecule has 2 rings (SSSR count). The van der Waals surface area contributed by atoms with Crippen LogP contribution in [0.4, 0.5) is 0 Å². The van der Waals surface area contributed by atoms with E-state index in [4.69, 9.17) is 0 Å². The monoisotopic (exact) mass is 211 g/mol. The van der Waals surface area contributed by atoms with Gasteiger partial charge in [-0.05, 0) is 19.9 Å². The molecule has 0 aromatic carbocycles. The van der Waals surface area contributed by atoms with Crippen LogP contribution in [0.25, 0.3) is 0 Å². The Morgan fingerprint density at radius 2 is 2.43 bits per heavy atom. The summed E-state index contributed by atoms with van der Waals surface area (Å²) in [4.78, 5) is 8.05. The van der Waals surface area contributed by atoms with Crippen molar-refractivity contribution in [2.45, 2.75) is 19.4 Å². The van der Waals surface area contributed by atoms with Crippen LogP contribution in [0.5, 0.6) is 0 Å². The van der Waals surface area contributed by atoms with Crippen molar-refractivity contribution < 1.29 is 0 Å². The molecule has 1 aliphatic heterocycles. The van der Waals surface area contributed by atoms with E-state index in [1.807, 2.05) is 11.7 Å². The van der Waals surface area contributed by atoms with Gasteiger partial charge >= 0.3 is 0 Å². The number of aromatic nitrogens is 1. The second-order valence-electron chi connectivity index (χ2n) is 3.72. The Labute approximate surface area is 89.1 Å². The Morgan fingerprint density at radius 3 is 3.21 bits per heavy atom. The fraction of sp³-hybridized carbons (Fsp3) is 0.700. The largest absolute Gasteiger partial charge is 0.315 e. The molecule has 0 radical (unpaired) electrons. The van der Waals surface area contributed by atoms with Crippen LogP contribution in [0.1, 0.15) is 24.3 Å². The third kappa shape index (κ3) is 2.32. The molecule has 0 aliphatic carbocycles. The van der Waals surface area contributed by atoms with E-state index in [0.717, 1.165) is 19.6 Å². The van der Waals surface area contributed by atoms with Crippen LogP contribution in [-0.2, 0) is 0 Å². The Hall–Kier alpha value is -0.450. The lowest BCUT2D eigenvalue weighted by atomic mass is 10.2. The van der Waals surface area contributed by atoms with Gasteiger partial charge in [0.2, 0.25) is 0 Å². The van der Waals surface area contributed by atoms with Crippen molar-refractivity contribution in [1.29, 1.82) is 0 Å². The van der Waals surface area contributed by atoms with Crippen LogP contribution in [0.3, 0.4) is 0 Å². The van der Waals surface area contributed by atoms with Gasteiger partial charge in [-0.3, -0.25) is 9.88 Å². The van der Waals surface area contributed by atoms with Gasteiger partial charge in [0.1, 0.15) is 0 Å². The number of hydrogen-bond acceptors (Lipinski definition) is 4. The lowest BCUT2D eigenvalue weighted by Gasteiger charge is -2.25. The van der Waals surface area contributed by atoms with Gasteiger partial charge in [0.15, 0.2) is 0 Å². The predicted octanol–water partition coefficient (Wildman–Crippen LogP) is 1.50. The van der Waals surface area contributed by atoms with E-state index in [-0.39, 0.29) is 0 Å². The molecule has 78 valence electrons. The van der Waals surface area contributed by atoms with Crippen molar-refractivity contribution in [3.05, 3.63) is 16.6 Å². The molecule has 1 atom stereocenters. The Balaban J connectivity index is 1.99. The van der Waals surface area contributed by atoms with Gasteiger partial charge in [-0.1, -0.05) is 0 Å². The van der Waals surface area contributed by atoms with Gasteiger partial charge < -0.3 is 5.32 Å². The number of rotatable bonds is 2. The molecule has 1 fully saturated rings. The van der Waals surface area contributed by atoms with Crippen molar-refractivity contribution in [3.63, 3.8) is 0 Å². The standard InChI is InChI=1S/C10H17N3S/c1-9(10-7-12-8-14-10)13-5-2-3-11-4-6-13/h7-9,11H,2-6H2,1H3. The first kappa shape index (κ1) is 10.1. The molecule has 1 saturated heterocycles. The van der Waals surface area contributed by atoms with Crippen LogP contribution < -0.4 is 5.32 Å².